The third-order valence-electron chi connectivity index (χ3n) is 6.41. The number of amides is 1. The monoisotopic (exact) mass is 488 g/mol. The molecule has 4 atom stereocenters. The summed E-state index contributed by atoms with van der Waals surface area (Å²) in [6.07, 6.45) is 3.54. The number of halogens is 4. The van der Waals surface area contributed by atoms with E-state index in [1.54, 1.807) is 12.3 Å². The van der Waals surface area contributed by atoms with Gasteiger partial charge in [-0.25, -0.2) is 22.5 Å². The molecule has 35 heavy (non-hydrogen) atoms. The highest BCUT2D eigenvalue weighted by Crippen LogP contribution is 2.38. The number of nitrogens with zero attached hydrogens (tertiary/aromatic N) is 2. The maximum atomic E-state index is 14.6. The maximum Gasteiger partial charge on any atom is 0.274 e. The van der Waals surface area contributed by atoms with Crippen LogP contribution in [-0.4, -0.2) is 33.1 Å². The fourth-order valence-corrected chi connectivity index (χ4v) is 4.54. The molecule has 1 saturated carbocycles. The molecule has 4 rings (SSSR count). The van der Waals surface area contributed by atoms with Crippen molar-refractivity contribution in [2.75, 3.05) is 5.32 Å². The van der Waals surface area contributed by atoms with Crippen LogP contribution in [-0.2, 0) is 6.67 Å². The van der Waals surface area contributed by atoms with E-state index in [-0.39, 0.29) is 17.5 Å². The van der Waals surface area contributed by atoms with Gasteiger partial charge in [0, 0.05) is 17.8 Å². The van der Waals surface area contributed by atoms with Gasteiger partial charge >= 0.3 is 0 Å². The Hall–Kier alpha value is -3.37. The number of anilines is 1. The summed E-state index contributed by atoms with van der Waals surface area (Å²) in [5.74, 6) is -4.34. The molecular weight excluding hydrogens is 464 g/mol. The molecule has 0 radical (unpaired) electrons. The van der Waals surface area contributed by atoms with Crippen LogP contribution in [0.25, 0.3) is 11.3 Å². The van der Waals surface area contributed by atoms with E-state index in [0.29, 0.717) is 18.5 Å². The van der Waals surface area contributed by atoms with Crippen molar-refractivity contribution in [3.63, 3.8) is 0 Å². The van der Waals surface area contributed by atoms with Crippen LogP contribution in [0.15, 0.2) is 42.7 Å². The summed E-state index contributed by atoms with van der Waals surface area (Å²) in [6.45, 7) is 0.682. The quantitative estimate of drug-likeness (QED) is 0.460. The van der Waals surface area contributed by atoms with E-state index in [1.165, 1.54) is 6.20 Å². The molecule has 3 aromatic rings. The number of hydrogen-bond acceptors (Lipinski definition) is 5. The molecule has 2 heterocycles. The predicted octanol–water partition coefficient (Wildman–Crippen LogP) is 4.48. The summed E-state index contributed by atoms with van der Waals surface area (Å²) < 4.78 is 56.5. The van der Waals surface area contributed by atoms with Crippen LogP contribution in [0.2, 0.25) is 0 Å². The van der Waals surface area contributed by atoms with Crippen LogP contribution in [0.5, 0.6) is 0 Å². The van der Waals surface area contributed by atoms with Crippen molar-refractivity contribution in [3.05, 3.63) is 77.0 Å². The molecule has 1 aliphatic rings. The largest absolute Gasteiger partial charge is 0.391 e. The van der Waals surface area contributed by atoms with E-state index in [9.17, 15) is 27.5 Å². The second-order valence-electron chi connectivity index (χ2n) is 8.77. The Labute approximate surface area is 199 Å². The molecule has 0 aliphatic heterocycles. The average Bonchev–Trinajstić information content (AvgIpc) is 2.83. The summed E-state index contributed by atoms with van der Waals surface area (Å²) in [6, 6.07) is 5.00. The number of benzene rings is 1. The smallest absolute Gasteiger partial charge is 0.274 e. The van der Waals surface area contributed by atoms with Gasteiger partial charge in [0.1, 0.15) is 35.5 Å². The molecule has 6 nitrogen and oxygen atoms in total. The first-order valence-electron chi connectivity index (χ1n) is 11.1. The van der Waals surface area contributed by atoms with Crippen LogP contribution in [0.3, 0.4) is 0 Å². The van der Waals surface area contributed by atoms with Gasteiger partial charge in [0.05, 0.1) is 23.6 Å². The first-order valence-corrected chi connectivity index (χ1v) is 11.1. The van der Waals surface area contributed by atoms with Crippen molar-refractivity contribution < 1.29 is 27.5 Å². The summed E-state index contributed by atoms with van der Waals surface area (Å²) >= 11 is 0. The highest BCUT2D eigenvalue weighted by molar-refractivity contribution is 6.03. The lowest BCUT2D eigenvalue weighted by Gasteiger charge is -2.36. The molecule has 0 unspecified atom stereocenters. The number of pyridine rings is 2. The maximum absolute atomic E-state index is 14.6. The zero-order valence-corrected chi connectivity index (χ0v) is 18.8. The van der Waals surface area contributed by atoms with Crippen LogP contribution in [0.1, 0.15) is 47.3 Å². The Bertz CT molecular complexity index is 1240. The molecule has 0 spiro atoms. The third-order valence-corrected chi connectivity index (χ3v) is 6.41. The van der Waals surface area contributed by atoms with Crippen molar-refractivity contribution in [2.45, 2.75) is 44.5 Å². The zero-order chi connectivity index (χ0) is 25.3. The van der Waals surface area contributed by atoms with E-state index < -0.39 is 59.0 Å². The molecule has 184 valence electrons. The minimum absolute atomic E-state index is 0.0494. The van der Waals surface area contributed by atoms with Crippen molar-refractivity contribution in [1.82, 2.24) is 9.97 Å². The molecule has 1 amide bonds. The molecule has 10 heteroatoms. The second kappa shape index (κ2) is 10.1. The van der Waals surface area contributed by atoms with Crippen molar-refractivity contribution >= 4 is 11.6 Å². The normalized spacial score (nSPS) is 22.1. The number of aliphatic hydroxyl groups excluding tert-OH is 1. The van der Waals surface area contributed by atoms with Gasteiger partial charge in [-0.3, -0.25) is 9.78 Å². The molecule has 1 aromatic carbocycles. The number of aromatic nitrogens is 2. The van der Waals surface area contributed by atoms with Crippen LogP contribution < -0.4 is 11.1 Å². The number of hydrogen-bond donors (Lipinski definition) is 3. The van der Waals surface area contributed by atoms with Crippen LogP contribution in [0, 0.1) is 23.4 Å². The van der Waals surface area contributed by atoms with Crippen LogP contribution >= 0.6 is 0 Å². The fourth-order valence-electron chi connectivity index (χ4n) is 4.54. The van der Waals surface area contributed by atoms with E-state index in [2.05, 4.69) is 15.3 Å². The lowest BCUT2D eigenvalue weighted by molar-refractivity contribution is 0.0521. The van der Waals surface area contributed by atoms with Gasteiger partial charge in [0.15, 0.2) is 0 Å². The number of alkyl halides is 1. The number of carbonyl (C=O) groups is 1. The van der Waals surface area contributed by atoms with Gasteiger partial charge in [0.2, 0.25) is 0 Å². The van der Waals surface area contributed by atoms with Crippen molar-refractivity contribution in [2.24, 2.45) is 11.7 Å². The lowest BCUT2D eigenvalue weighted by atomic mass is 9.74. The van der Waals surface area contributed by atoms with E-state index in [1.807, 2.05) is 6.92 Å². The Balaban J connectivity index is 1.65. The Morgan fingerprint density at radius 3 is 2.60 bits per heavy atom. The number of carbonyl (C=O) groups excluding carboxylic acids is 1. The molecular formula is C25H24F4N4O2. The van der Waals surface area contributed by atoms with Gasteiger partial charge in [-0.2, -0.15) is 0 Å². The molecule has 0 bridgehead atoms. The van der Waals surface area contributed by atoms with Gasteiger partial charge in [-0.1, -0.05) is 13.0 Å². The van der Waals surface area contributed by atoms with Gasteiger partial charge < -0.3 is 16.2 Å². The first-order chi connectivity index (χ1) is 16.7. The summed E-state index contributed by atoms with van der Waals surface area (Å²) in [7, 11) is 0. The third kappa shape index (κ3) is 4.89. The molecule has 1 fully saturated rings. The number of nitrogens with one attached hydrogen (secondary N) is 1. The second-order valence-corrected chi connectivity index (χ2v) is 8.77. The fraction of sp³-hybridized carbons (Fsp3) is 0.320. The van der Waals surface area contributed by atoms with Crippen molar-refractivity contribution in [3.8, 4) is 11.3 Å². The Morgan fingerprint density at radius 2 is 1.89 bits per heavy atom. The van der Waals surface area contributed by atoms with E-state index >= 15 is 0 Å². The SMILES string of the molecule is C[C@H]1C[C@@H](c2ccncc2NC(=O)c2ccc(F)c(-c3c(F)ccc(CF)c3F)n2)C[C@@H](N)[C@@H]1O. The average molecular weight is 488 g/mol. The minimum atomic E-state index is -1.28. The molecule has 4 N–H and O–H groups in total. The van der Waals surface area contributed by atoms with Crippen LogP contribution in [0.4, 0.5) is 23.2 Å². The predicted molar refractivity (Wildman–Crippen MR) is 122 cm³/mol. The summed E-state index contributed by atoms with van der Waals surface area (Å²) in [5, 5.41) is 12.8. The van der Waals surface area contributed by atoms with Gasteiger partial charge in [-0.15, -0.1) is 0 Å². The van der Waals surface area contributed by atoms with Gasteiger partial charge in [-0.05, 0) is 54.5 Å². The topological polar surface area (TPSA) is 101 Å². The number of rotatable bonds is 5. The van der Waals surface area contributed by atoms with E-state index in [0.717, 1.165) is 29.8 Å². The molecule has 2 aromatic heterocycles. The lowest BCUT2D eigenvalue weighted by Crippen LogP contribution is -2.44. The summed E-state index contributed by atoms with van der Waals surface area (Å²) in [5.41, 5.74) is 4.88. The first kappa shape index (κ1) is 24.7. The minimum Gasteiger partial charge on any atom is -0.391 e. The van der Waals surface area contributed by atoms with Crippen molar-refractivity contribution in [1.29, 1.82) is 0 Å². The van der Waals surface area contributed by atoms with Gasteiger partial charge in [0.25, 0.3) is 5.91 Å². The Morgan fingerprint density at radius 1 is 1.14 bits per heavy atom. The number of nitrogens with two attached hydrogens (primary N) is 1. The highest BCUT2D eigenvalue weighted by Gasteiger charge is 2.34. The standard InChI is InChI=1S/C25H24F4N4O2/c1-12-8-14(9-18(30)24(12)34)15-6-7-31-11-20(15)33-25(35)19-5-4-17(28)23(32-19)21-16(27)3-2-13(10-26)22(21)29/h2-7,11-12,14,18,24,34H,8-10,30H2,1H3,(H,33,35)/t12-,14+,18+,24+/m0/s1. The van der Waals surface area contributed by atoms with E-state index in [4.69, 9.17) is 5.73 Å². The highest BCUT2D eigenvalue weighted by atomic mass is 19.1. The molecule has 0 saturated heterocycles. The zero-order valence-electron chi connectivity index (χ0n) is 18.8. The number of aliphatic hydroxyl groups is 1. The Kier molecular flexibility index (Phi) is 7.13. The summed E-state index contributed by atoms with van der Waals surface area (Å²) in [4.78, 5) is 20.9. The molecule has 1 aliphatic carbocycles.